The molecule has 0 amide bonds. The Hall–Kier alpha value is -2.22. The number of unbranched alkanes of at least 4 members (excludes halogenated alkanes) is 1. The Kier molecular flexibility index (Phi) is 26.2. The molecule has 0 bridgehead atoms. The van der Waals surface area contributed by atoms with Crippen LogP contribution in [0.2, 0.25) is 0 Å². The summed E-state index contributed by atoms with van der Waals surface area (Å²) in [5.41, 5.74) is 8.73. The van der Waals surface area contributed by atoms with Gasteiger partial charge in [-0.15, -0.1) is 6.58 Å². The molecular weight excluding hydrogens is 520 g/mol. The van der Waals surface area contributed by atoms with Crippen molar-refractivity contribution in [3.05, 3.63) is 66.4 Å². The first-order valence-corrected chi connectivity index (χ1v) is 17.9. The summed E-state index contributed by atoms with van der Waals surface area (Å²) < 4.78 is 0. The van der Waals surface area contributed by atoms with Crippen LogP contribution in [-0.2, 0) is 0 Å². The van der Waals surface area contributed by atoms with Crippen LogP contribution in [0.25, 0.3) is 11.3 Å². The Morgan fingerprint density at radius 3 is 1.67 bits per heavy atom. The summed E-state index contributed by atoms with van der Waals surface area (Å²) in [4.78, 5) is 5.01. The van der Waals surface area contributed by atoms with Gasteiger partial charge in [0.05, 0.1) is 0 Å². The standard InChI is InChI=1S/C26H40N2.C5H10.C4H8.C4H10.C2H6/c1-8-13-22(14-9-2)28-20(6)24(12-5)25-16-15-23(19-26(25)21(28)7)27(17-10-3)18-11-4;1-2-5-3-4-5;1-4(2)3;1-3-4-2;1-2/h12,15-16,19,22H,5,7-11,13-14,17-18H2,1-4,6H3;5H,2-4H2,1H3;1H2,2-3H3;3-4H2,1-2H3;1-2H3. The molecule has 0 atom stereocenters. The van der Waals surface area contributed by atoms with Gasteiger partial charge < -0.3 is 9.80 Å². The second-order valence-corrected chi connectivity index (χ2v) is 12.0. The van der Waals surface area contributed by atoms with E-state index in [0.29, 0.717) is 6.04 Å². The molecule has 3 rings (SSSR count). The van der Waals surface area contributed by atoms with Gasteiger partial charge in [0.2, 0.25) is 0 Å². The number of benzene rings is 1. The number of nitrogens with zero attached hydrogens (tertiary/aromatic N) is 2. The second kappa shape index (κ2) is 26.2. The highest BCUT2D eigenvalue weighted by atomic mass is 15.2. The van der Waals surface area contributed by atoms with E-state index in [4.69, 9.17) is 0 Å². The average Bonchev–Trinajstić information content (AvgIpc) is 3.84. The van der Waals surface area contributed by atoms with E-state index in [-0.39, 0.29) is 0 Å². The molecule has 2 nitrogen and oxygen atoms in total. The molecule has 0 N–H and O–H groups in total. The highest BCUT2D eigenvalue weighted by Crippen LogP contribution is 2.42. The van der Waals surface area contributed by atoms with Gasteiger partial charge in [-0.2, -0.15) is 0 Å². The topological polar surface area (TPSA) is 6.48 Å². The highest BCUT2D eigenvalue weighted by molar-refractivity contribution is 5.90. The molecule has 43 heavy (non-hydrogen) atoms. The zero-order valence-corrected chi connectivity index (χ0v) is 31.2. The van der Waals surface area contributed by atoms with Gasteiger partial charge in [0, 0.05) is 47.3 Å². The maximum atomic E-state index is 4.57. The van der Waals surface area contributed by atoms with Crippen molar-refractivity contribution < 1.29 is 0 Å². The lowest BCUT2D eigenvalue weighted by Crippen LogP contribution is -2.35. The van der Waals surface area contributed by atoms with Gasteiger partial charge in [-0.05, 0) is 70.1 Å². The Morgan fingerprint density at radius 1 is 0.860 bits per heavy atom. The molecule has 0 aromatic heterocycles. The van der Waals surface area contributed by atoms with Crippen molar-refractivity contribution in [2.75, 3.05) is 18.0 Å². The van der Waals surface area contributed by atoms with E-state index < -0.39 is 0 Å². The van der Waals surface area contributed by atoms with Crippen molar-refractivity contribution in [3.63, 3.8) is 0 Å². The molecule has 2 heteroatoms. The molecule has 1 aromatic carbocycles. The molecule has 0 radical (unpaired) electrons. The number of anilines is 1. The molecule has 1 heterocycles. The molecule has 1 fully saturated rings. The van der Waals surface area contributed by atoms with Gasteiger partial charge in [-0.1, -0.05) is 138 Å². The molecule has 248 valence electrons. The monoisotopic (exact) mass is 595 g/mol. The van der Waals surface area contributed by atoms with Crippen LogP contribution >= 0.6 is 0 Å². The fraction of sp³-hybridized carbons (Fsp3) is 0.659. The first-order chi connectivity index (χ1) is 20.6. The largest absolute Gasteiger partial charge is 0.372 e. The van der Waals surface area contributed by atoms with E-state index in [0.717, 1.165) is 37.5 Å². The molecule has 1 aromatic rings. The average molecular weight is 595 g/mol. The Bertz CT molecular complexity index is 900. The Morgan fingerprint density at radius 2 is 1.35 bits per heavy atom. The number of hydrogen-bond acceptors (Lipinski definition) is 2. The third-order valence-corrected chi connectivity index (χ3v) is 7.59. The third kappa shape index (κ3) is 16.4. The molecule has 2 aliphatic rings. The third-order valence-electron chi connectivity index (χ3n) is 7.59. The second-order valence-electron chi connectivity index (χ2n) is 12.0. The van der Waals surface area contributed by atoms with Crippen molar-refractivity contribution >= 4 is 17.0 Å². The molecule has 0 saturated heterocycles. The van der Waals surface area contributed by atoms with Gasteiger partial charge in [-0.3, -0.25) is 0 Å². The van der Waals surface area contributed by atoms with Crippen LogP contribution in [0, 0.1) is 5.92 Å². The number of hydrogen-bond donors (Lipinski definition) is 0. The summed E-state index contributed by atoms with van der Waals surface area (Å²) in [5, 5.41) is 0. The van der Waals surface area contributed by atoms with Gasteiger partial charge in [0.1, 0.15) is 0 Å². The predicted octanol–water partition coefficient (Wildman–Crippen LogP) is 13.7. The minimum Gasteiger partial charge on any atom is -0.372 e. The van der Waals surface area contributed by atoms with Gasteiger partial charge in [-0.25, -0.2) is 0 Å². The van der Waals surface area contributed by atoms with Crippen molar-refractivity contribution in [3.8, 4) is 0 Å². The Balaban J connectivity index is 0. The molecule has 0 unspecified atom stereocenters. The maximum Gasteiger partial charge on any atom is 0.0418 e. The van der Waals surface area contributed by atoms with Crippen LogP contribution in [-0.4, -0.2) is 24.0 Å². The summed E-state index contributed by atoms with van der Waals surface area (Å²) in [7, 11) is 0. The fourth-order valence-electron chi connectivity index (χ4n) is 5.12. The summed E-state index contributed by atoms with van der Waals surface area (Å²) >= 11 is 0. The van der Waals surface area contributed by atoms with E-state index in [1.165, 1.54) is 91.4 Å². The minimum atomic E-state index is 0.511. The molecule has 1 saturated carbocycles. The van der Waals surface area contributed by atoms with Crippen LogP contribution in [0.4, 0.5) is 5.69 Å². The summed E-state index contributed by atoms with van der Waals surface area (Å²) in [5.74, 6) is 1.13. The van der Waals surface area contributed by atoms with Crippen LogP contribution in [0.1, 0.15) is 165 Å². The quantitative estimate of drug-likeness (QED) is 0.210. The van der Waals surface area contributed by atoms with Crippen molar-refractivity contribution in [2.45, 2.75) is 160 Å². The molecule has 0 spiro atoms. The molecule has 1 aliphatic carbocycles. The maximum absolute atomic E-state index is 4.57. The van der Waals surface area contributed by atoms with Gasteiger partial charge in [0.15, 0.2) is 0 Å². The first-order valence-electron chi connectivity index (χ1n) is 17.9. The molecule has 1 aliphatic heterocycles. The normalized spacial score (nSPS) is 13.2. The summed E-state index contributed by atoms with van der Waals surface area (Å²) in [6.07, 6.45) is 16.2. The zero-order chi connectivity index (χ0) is 33.4. The lowest BCUT2D eigenvalue weighted by molar-refractivity contribution is 0.314. The molecular formula is C41H74N2. The lowest BCUT2D eigenvalue weighted by Gasteiger charge is -2.41. The van der Waals surface area contributed by atoms with Crippen molar-refractivity contribution in [1.29, 1.82) is 0 Å². The van der Waals surface area contributed by atoms with Gasteiger partial charge in [0.25, 0.3) is 0 Å². The van der Waals surface area contributed by atoms with Crippen molar-refractivity contribution in [2.24, 2.45) is 5.92 Å². The van der Waals surface area contributed by atoms with Crippen LogP contribution in [0.5, 0.6) is 0 Å². The van der Waals surface area contributed by atoms with Crippen LogP contribution < -0.4 is 4.90 Å². The van der Waals surface area contributed by atoms with Crippen LogP contribution in [0.3, 0.4) is 0 Å². The van der Waals surface area contributed by atoms with Crippen LogP contribution in [0.15, 0.2) is 55.3 Å². The van der Waals surface area contributed by atoms with E-state index in [1.807, 2.05) is 33.8 Å². The van der Waals surface area contributed by atoms with Crippen molar-refractivity contribution in [1.82, 2.24) is 4.90 Å². The number of allylic oxidation sites excluding steroid dienone is 4. The summed E-state index contributed by atoms with van der Waals surface area (Å²) in [6.45, 7) is 40.3. The smallest absolute Gasteiger partial charge is 0.0418 e. The number of rotatable bonds is 13. The minimum absolute atomic E-state index is 0.511. The van der Waals surface area contributed by atoms with E-state index in [2.05, 4.69) is 103 Å². The van der Waals surface area contributed by atoms with E-state index >= 15 is 0 Å². The predicted molar refractivity (Wildman–Crippen MR) is 202 cm³/mol. The number of fused-ring (bicyclic) bond motifs is 1. The summed E-state index contributed by atoms with van der Waals surface area (Å²) in [6, 6.07) is 7.43. The van der Waals surface area contributed by atoms with E-state index in [1.54, 1.807) is 0 Å². The fourth-order valence-corrected chi connectivity index (χ4v) is 5.12. The lowest BCUT2D eigenvalue weighted by atomic mass is 9.88. The van der Waals surface area contributed by atoms with E-state index in [9.17, 15) is 0 Å². The Labute approximate surface area is 271 Å². The highest BCUT2D eigenvalue weighted by Gasteiger charge is 2.29. The SMILES string of the molecule is C=C(C)C.C=CC1=C(C)N(C(CCC)CCC)C(=C)c2cc(N(CCC)CCC)ccc21.CC.CCC1CC1.CCCC. The first kappa shape index (κ1) is 42.9. The van der Waals surface area contributed by atoms with Gasteiger partial charge >= 0.3 is 0 Å². The zero-order valence-electron chi connectivity index (χ0n) is 31.2.